The number of piperidine rings is 1. The van der Waals surface area contributed by atoms with Gasteiger partial charge in [-0.15, -0.1) is 12.4 Å². The topological polar surface area (TPSA) is 41.1 Å². The summed E-state index contributed by atoms with van der Waals surface area (Å²) in [7, 11) is 0. The van der Waals surface area contributed by atoms with Gasteiger partial charge in [-0.3, -0.25) is 4.79 Å². The number of rotatable bonds is 3. The van der Waals surface area contributed by atoms with E-state index < -0.39 is 11.6 Å². The van der Waals surface area contributed by atoms with Gasteiger partial charge in [-0.2, -0.15) is 0 Å². The maximum Gasteiger partial charge on any atom is 0.223 e. The molecule has 0 aliphatic carbocycles. The van der Waals surface area contributed by atoms with Crippen LogP contribution in [0.15, 0.2) is 18.2 Å². The zero-order valence-corrected chi connectivity index (χ0v) is 13.0. The number of carbonyl (C=O) groups excluding carboxylic acids is 1. The van der Waals surface area contributed by atoms with E-state index >= 15 is 0 Å². The molecule has 0 bridgehead atoms. The number of amides is 1. The van der Waals surface area contributed by atoms with Crippen LogP contribution in [0.2, 0.25) is 0 Å². The van der Waals surface area contributed by atoms with E-state index in [4.69, 9.17) is 0 Å². The average molecular weight is 319 g/mol. The van der Waals surface area contributed by atoms with Gasteiger partial charge in [0.15, 0.2) is 11.6 Å². The molecule has 1 aromatic rings. The molecule has 0 radical (unpaired) electrons. The highest BCUT2D eigenvalue weighted by molar-refractivity contribution is 5.85. The fourth-order valence-electron chi connectivity index (χ4n) is 2.57. The lowest BCUT2D eigenvalue weighted by molar-refractivity contribution is -0.126. The van der Waals surface area contributed by atoms with Crippen LogP contribution >= 0.6 is 12.4 Å². The van der Waals surface area contributed by atoms with Crippen molar-refractivity contribution in [2.75, 3.05) is 6.54 Å². The van der Waals surface area contributed by atoms with Crippen molar-refractivity contribution in [3.63, 3.8) is 0 Å². The molecular weight excluding hydrogens is 298 g/mol. The Bertz CT molecular complexity index is 499. The first kappa shape index (κ1) is 17.9. The summed E-state index contributed by atoms with van der Waals surface area (Å²) in [6.07, 6.45) is 1.61. The Morgan fingerprint density at radius 2 is 2.10 bits per heavy atom. The van der Waals surface area contributed by atoms with Crippen LogP contribution in [0, 0.1) is 17.6 Å². The van der Waals surface area contributed by atoms with Crippen molar-refractivity contribution in [1.29, 1.82) is 0 Å². The summed E-state index contributed by atoms with van der Waals surface area (Å²) in [6.45, 7) is 4.66. The summed E-state index contributed by atoms with van der Waals surface area (Å²) in [4.78, 5) is 12.2. The fraction of sp³-hybridized carbons (Fsp3) is 0.533. The normalized spacial score (nSPS) is 23.0. The number of hydrogen-bond donors (Lipinski definition) is 2. The maximum atomic E-state index is 13.2. The first-order chi connectivity index (χ1) is 9.47. The van der Waals surface area contributed by atoms with Crippen molar-refractivity contribution in [2.45, 2.75) is 38.8 Å². The molecule has 118 valence electrons. The first-order valence-corrected chi connectivity index (χ1v) is 6.96. The van der Waals surface area contributed by atoms with Crippen LogP contribution < -0.4 is 10.6 Å². The zero-order valence-electron chi connectivity index (χ0n) is 12.2. The lowest BCUT2D eigenvalue weighted by Gasteiger charge is -2.28. The molecule has 1 fully saturated rings. The van der Waals surface area contributed by atoms with Crippen LogP contribution in [-0.4, -0.2) is 18.5 Å². The molecule has 3 nitrogen and oxygen atoms in total. The predicted molar refractivity (Wildman–Crippen MR) is 80.4 cm³/mol. The SMILES string of the molecule is CC(NC(=O)[C@H]1CCN[C@@H](C)C1)c1ccc(F)c(F)c1.Cl. The van der Waals surface area contributed by atoms with E-state index in [-0.39, 0.29) is 30.3 Å². The van der Waals surface area contributed by atoms with Crippen LogP contribution in [0.3, 0.4) is 0 Å². The molecular formula is C15H21ClF2N2O. The number of hydrogen-bond acceptors (Lipinski definition) is 2. The van der Waals surface area contributed by atoms with Crippen LogP contribution in [0.1, 0.15) is 38.3 Å². The molecule has 0 saturated carbocycles. The molecule has 1 amide bonds. The molecule has 0 spiro atoms. The van der Waals surface area contributed by atoms with Crippen LogP contribution in [0.4, 0.5) is 8.78 Å². The average Bonchev–Trinajstić information content (AvgIpc) is 2.41. The van der Waals surface area contributed by atoms with Gasteiger partial charge in [0.05, 0.1) is 6.04 Å². The standard InChI is InChI=1S/C15H20F2N2O.ClH/c1-9-7-12(5-6-18-9)15(20)19-10(2)11-3-4-13(16)14(17)8-11;/h3-4,8-10,12,18H,5-7H2,1-2H3,(H,19,20);1H/t9-,10?,12-;/m0./s1. The van der Waals surface area contributed by atoms with Crippen molar-refractivity contribution in [3.8, 4) is 0 Å². The van der Waals surface area contributed by atoms with Crippen molar-refractivity contribution < 1.29 is 13.6 Å². The smallest absolute Gasteiger partial charge is 0.223 e. The summed E-state index contributed by atoms with van der Waals surface area (Å²) < 4.78 is 26.1. The molecule has 1 aliphatic rings. The maximum absolute atomic E-state index is 13.2. The van der Waals surface area contributed by atoms with Gasteiger partial charge in [0.2, 0.25) is 5.91 Å². The van der Waals surface area contributed by atoms with Crippen molar-refractivity contribution in [3.05, 3.63) is 35.4 Å². The molecule has 0 aromatic heterocycles. The quantitative estimate of drug-likeness (QED) is 0.899. The Kier molecular flexibility index (Phi) is 6.55. The van der Waals surface area contributed by atoms with E-state index in [0.29, 0.717) is 11.6 Å². The minimum absolute atomic E-state index is 0. The number of carbonyl (C=O) groups is 1. The van der Waals surface area contributed by atoms with Crippen LogP contribution in [-0.2, 0) is 4.79 Å². The van der Waals surface area contributed by atoms with Crippen molar-refractivity contribution >= 4 is 18.3 Å². The third-order valence-corrected chi connectivity index (χ3v) is 3.80. The van der Waals surface area contributed by atoms with E-state index in [2.05, 4.69) is 17.6 Å². The van der Waals surface area contributed by atoms with Gasteiger partial charge in [-0.1, -0.05) is 6.07 Å². The Hall–Kier alpha value is -1.20. The predicted octanol–water partition coefficient (Wildman–Crippen LogP) is 2.95. The molecule has 1 saturated heterocycles. The monoisotopic (exact) mass is 318 g/mol. The Balaban J connectivity index is 0.00000220. The first-order valence-electron chi connectivity index (χ1n) is 6.96. The highest BCUT2D eigenvalue weighted by atomic mass is 35.5. The number of nitrogens with one attached hydrogen (secondary N) is 2. The van der Waals surface area contributed by atoms with Gasteiger partial charge in [0, 0.05) is 12.0 Å². The highest BCUT2D eigenvalue weighted by Crippen LogP contribution is 2.20. The second-order valence-corrected chi connectivity index (χ2v) is 5.48. The van der Waals surface area contributed by atoms with E-state index in [1.165, 1.54) is 6.07 Å². The van der Waals surface area contributed by atoms with Crippen LogP contribution in [0.5, 0.6) is 0 Å². The molecule has 1 aliphatic heterocycles. The second kappa shape index (κ2) is 7.71. The van der Waals surface area contributed by atoms with Crippen LogP contribution in [0.25, 0.3) is 0 Å². The van der Waals surface area contributed by atoms with E-state index in [0.717, 1.165) is 31.5 Å². The van der Waals surface area contributed by atoms with Gasteiger partial charge in [0.1, 0.15) is 0 Å². The molecule has 2 N–H and O–H groups in total. The van der Waals surface area contributed by atoms with Crippen molar-refractivity contribution in [2.24, 2.45) is 5.92 Å². The molecule has 1 unspecified atom stereocenters. The molecule has 6 heteroatoms. The van der Waals surface area contributed by atoms with E-state index in [1.807, 2.05) is 0 Å². The molecule has 1 heterocycles. The minimum atomic E-state index is -0.890. The van der Waals surface area contributed by atoms with Gasteiger partial charge in [-0.05, 0) is 50.9 Å². The third-order valence-electron chi connectivity index (χ3n) is 3.80. The largest absolute Gasteiger partial charge is 0.349 e. The van der Waals surface area contributed by atoms with Gasteiger partial charge >= 0.3 is 0 Å². The van der Waals surface area contributed by atoms with Gasteiger partial charge in [0.25, 0.3) is 0 Å². The van der Waals surface area contributed by atoms with E-state index in [1.54, 1.807) is 6.92 Å². The minimum Gasteiger partial charge on any atom is -0.349 e. The highest BCUT2D eigenvalue weighted by Gasteiger charge is 2.25. The zero-order chi connectivity index (χ0) is 14.7. The molecule has 1 aromatic carbocycles. The number of halogens is 3. The second-order valence-electron chi connectivity index (χ2n) is 5.48. The Morgan fingerprint density at radius 1 is 1.38 bits per heavy atom. The Morgan fingerprint density at radius 3 is 2.71 bits per heavy atom. The summed E-state index contributed by atoms with van der Waals surface area (Å²) in [5.74, 6) is -1.80. The summed E-state index contributed by atoms with van der Waals surface area (Å²) >= 11 is 0. The summed E-state index contributed by atoms with van der Waals surface area (Å²) in [5.41, 5.74) is 0.569. The summed E-state index contributed by atoms with van der Waals surface area (Å²) in [6, 6.07) is 3.71. The van der Waals surface area contributed by atoms with Crippen molar-refractivity contribution in [1.82, 2.24) is 10.6 Å². The third kappa shape index (κ3) is 4.64. The Labute approximate surface area is 129 Å². The summed E-state index contributed by atoms with van der Waals surface area (Å²) in [5, 5.41) is 6.17. The fourth-order valence-corrected chi connectivity index (χ4v) is 2.57. The lowest BCUT2D eigenvalue weighted by atomic mass is 9.92. The molecule has 21 heavy (non-hydrogen) atoms. The van der Waals surface area contributed by atoms with Gasteiger partial charge in [-0.25, -0.2) is 8.78 Å². The number of benzene rings is 1. The lowest BCUT2D eigenvalue weighted by Crippen LogP contribution is -2.42. The van der Waals surface area contributed by atoms with E-state index in [9.17, 15) is 13.6 Å². The van der Waals surface area contributed by atoms with Gasteiger partial charge < -0.3 is 10.6 Å². The molecule has 3 atom stereocenters. The molecule has 2 rings (SSSR count).